The highest BCUT2D eigenvalue weighted by molar-refractivity contribution is 5.82. The molecule has 0 heterocycles. The van der Waals surface area contributed by atoms with Gasteiger partial charge in [0, 0.05) is 0 Å². The molecule has 0 bridgehead atoms. The van der Waals surface area contributed by atoms with Gasteiger partial charge in [-0.15, -0.1) is 0 Å². The summed E-state index contributed by atoms with van der Waals surface area (Å²) in [5.41, 5.74) is 0. The van der Waals surface area contributed by atoms with Crippen molar-refractivity contribution in [1.29, 1.82) is 0 Å². The highest BCUT2D eigenvalue weighted by Crippen LogP contribution is 2.32. The number of unbranched alkanes of at least 4 members (excludes halogenated alkanes) is 8. The Labute approximate surface area is 179 Å². The Morgan fingerprint density at radius 2 is 1.17 bits per heavy atom. The van der Waals surface area contributed by atoms with Crippen molar-refractivity contribution in [3.8, 4) is 0 Å². The maximum atomic E-state index is 12.5. The summed E-state index contributed by atoms with van der Waals surface area (Å²) in [6, 6.07) is 0. The molecular formula is C25H46O4. The van der Waals surface area contributed by atoms with E-state index in [0.717, 1.165) is 57.3 Å². The summed E-state index contributed by atoms with van der Waals surface area (Å²) in [6.07, 6.45) is 16.3. The van der Waals surface area contributed by atoms with E-state index in [-0.39, 0.29) is 23.8 Å². The Kier molecular flexibility index (Phi) is 15.0. The van der Waals surface area contributed by atoms with Gasteiger partial charge in [0.2, 0.25) is 0 Å². The average molecular weight is 411 g/mol. The number of esters is 2. The minimum atomic E-state index is -0.304. The second-order valence-electron chi connectivity index (χ2n) is 9.20. The molecule has 4 nitrogen and oxygen atoms in total. The first-order valence-corrected chi connectivity index (χ1v) is 12.4. The van der Waals surface area contributed by atoms with Crippen molar-refractivity contribution < 1.29 is 19.1 Å². The van der Waals surface area contributed by atoms with Gasteiger partial charge >= 0.3 is 11.9 Å². The quantitative estimate of drug-likeness (QED) is 0.206. The zero-order valence-electron chi connectivity index (χ0n) is 19.4. The Morgan fingerprint density at radius 1 is 0.724 bits per heavy atom. The van der Waals surface area contributed by atoms with E-state index < -0.39 is 0 Å². The third-order valence-corrected chi connectivity index (χ3v) is 6.03. The molecule has 170 valence electrons. The van der Waals surface area contributed by atoms with Gasteiger partial charge in [-0.3, -0.25) is 9.59 Å². The van der Waals surface area contributed by atoms with Gasteiger partial charge in [-0.1, -0.05) is 91.4 Å². The van der Waals surface area contributed by atoms with E-state index in [1.807, 2.05) is 0 Å². The summed E-state index contributed by atoms with van der Waals surface area (Å²) in [7, 11) is 0. The fourth-order valence-electron chi connectivity index (χ4n) is 4.15. The van der Waals surface area contributed by atoms with Gasteiger partial charge in [-0.05, 0) is 31.6 Å². The minimum Gasteiger partial charge on any atom is -0.465 e. The molecule has 2 unspecified atom stereocenters. The van der Waals surface area contributed by atoms with Crippen molar-refractivity contribution >= 4 is 11.9 Å². The van der Waals surface area contributed by atoms with E-state index >= 15 is 0 Å². The van der Waals surface area contributed by atoms with Crippen molar-refractivity contribution in [3.05, 3.63) is 0 Å². The third kappa shape index (κ3) is 12.3. The molecule has 0 aromatic heterocycles. The molecule has 0 aliphatic heterocycles. The summed E-state index contributed by atoms with van der Waals surface area (Å²) < 4.78 is 11.0. The second-order valence-corrected chi connectivity index (χ2v) is 9.20. The summed E-state index contributed by atoms with van der Waals surface area (Å²) in [6.45, 7) is 7.68. The topological polar surface area (TPSA) is 52.6 Å². The van der Waals surface area contributed by atoms with Crippen LogP contribution in [0.3, 0.4) is 0 Å². The molecule has 4 heteroatoms. The summed E-state index contributed by atoms with van der Waals surface area (Å²) in [4.78, 5) is 25.1. The Bertz CT molecular complexity index is 433. The van der Waals surface area contributed by atoms with Gasteiger partial charge in [0.1, 0.15) is 0 Å². The van der Waals surface area contributed by atoms with E-state index in [1.165, 1.54) is 44.9 Å². The molecular weight excluding hydrogens is 364 g/mol. The summed E-state index contributed by atoms with van der Waals surface area (Å²) >= 11 is 0. The normalized spacial score (nSPS) is 19.3. The predicted octanol–water partition coefficient (Wildman–Crippen LogP) is 6.85. The summed E-state index contributed by atoms with van der Waals surface area (Å²) in [5.74, 6) is -0.219. The lowest BCUT2D eigenvalue weighted by atomic mass is 9.79. The van der Waals surface area contributed by atoms with Gasteiger partial charge in [0.25, 0.3) is 0 Å². The smallest absolute Gasteiger partial charge is 0.309 e. The van der Waals surface area contributed by atoms with Crippen LogP contribution in [0.25, 0.3) is 0 Å². The second kappa shape index (κ2) is 16.7. The van der Waals surface area contributed by atoms with Gasteiger partial charge in [-0.25, -0.2) is 0 Å². The van der Waals surface area contributed by atoms with Crippen LogP contribution in [0.2, 0.25) is 0 Å². The van der Waals surface area contributed by atoms with Gasteiger partial charge in [0.05, 0.1) is 25.0 Å². The SMILES string of the molecule is CCCCCCCCOC(=O)C1CCCCC1C(=O)OCCCCCCC(C)C. The number of rotatable bonds is 16. The van der Waals surface area contributed by atoms with Gasteiger partial charge in [-0.2, -0.15) is 0 Å². The van der Waals surface area contributed by atoms with E-state index in [0.29, 0.717) is 13.2 Å². The van der Waals surface area contributed by atoms with Crippen LogP contribution in [-0.2, 0) is 19.1 Å². The molecule has 1 rings (SSSR count). The van der Waals surface area contributed by atoms with Crippen molar-refractivity contribution in [1.82, 2.24) is 0 Å². The lowest BCUT2D eigenvalue weighted by Crippen LogP contribution is -2.35. The zero-order valence-corrected chi connectivity index (χ0v) is 19.4. The number of carbonyl (C=O) groups excluding carboxylic acids is 2. The Morgan fingerprint density at radius 3 is 1.66 bits per heavy atom. The van der Waals surface area contributed by atoms with Crippen LogP contribution in [0, 0.1) is 17.8 Å². The monoisotopic (exact) mass is 410 g/mol. The van der Waals surface area contributed by atoms with Crippen LogP contribution >= 0.6 is 0 Å². The molecule has 0 saturated heterocycles. The fraction of sp³-hybridized carbons (Fsp3) is 0.920. The Hall–Kier alpha value is -1.06. The summed E-state index contributed by atoms with van der Waals surface area (Å²) in [5, 5.41) is 0. The molecule has 0 spiro atoms. The van der Waals surface area contributed by atoms with E-state index in [9.17, 15) is 9.59 Å². The fourth-order valence-corrected chi connectivity index (χ4v) is 4.15. The lowest BCUT2D eigenvalue weighted by Gasteiger charge is -2.28. The van der Waals surface area contributed by atoms with E-state index in [1.54, 1.807) is 0 Å². The standard InChI is InChI=1S/C25H46O4/c1-4-5-6-7-9-14-19-28-24(26)22-17-12-13-18-23(22)25(27)29-20-15-10-8-11-16-21(2)3/h21-23H,4-20H2,1-3H3. The first-order valence-electron chi connectivity index (χ1n) is 12.4. The van der Waals surface area contributed by atoms with Crippen molar-refractivity contribution in [2.75, 3.05) is 13.2 Å². The van der Waals surface area contributed by atoms with Crippen LogP contribution in [0.5, 0.6) is 0 Å². The molecule has 0 aromatic rings. The van der Waals surface area contributed by atoms with Crippen molar-refractivity contribution in [2.24, 2.45) is 17.8 Å². The largest absolute Gasteiger partial charge is 0.465 e. The number of hydrogen-bond donors (Lipinski definition) is 0. The first-order chi connectivity index (χ1) is 14.1. The van der Waals surface area contributed by atoms with Crippen LogP contribution in [0.1, 0.15) is 117 Å². The molecule has 0 aromatic carbocycles. The third-order valence-electron chi connectivity index (χ3n) is 6.03. The van der Waals surface area contributed by atoms with E-state index in [4.69, 9.17) is 9.47 Å². The molecule has 1 saturated carbocycles. The minimum absolute atomic E-state index is 0.186. The molecule has 29 heavy (non-hydrogen) atoms. The molecule has 0 amide bonds. The van der Waals surface area contributed by atoms with Crippen LogP contribution in [-0.4, -0.2) is 25.2 Å². The first kappa shape index (κ1) is 26.0. The lowest BCUT2D eigenvalue weighted by molar-refractivity contribution is -0.163. The number of carbonyl (C=O) groups is 2. The highest BCUT2D eigenvalue weighted by Gasteiger charge is 2.37. The molecule has 1 fully saturated rings. The molecule has 0 radical (unpaired) electrons. The molecule has 1 aliphatic carbocycles. The van der Waals surface area contributed by atoms with Crippen molar-refractivity contribution in [2.45, 2.75) is 117 Å². The molecule has 1 aliphatic rings. The average Bonchev–Trinajstić information content (AvgIpc) is 2.71. The van der Waals surface area contributed by atoms with Crippen LogP contribution < -0.4 is 0 Å². The Balaban J connectivity index is 2.22. The van der Waals surface area contributed by atoms with Gasteiger partial charge in [0.15, 0.2) is 0 Å². The maximum absolute atomic E-state index is 12.5. The molecule has 0 N–H and O–H groups in total. The van der Waals surface area contributed by atoms with Crippen LogP contribution in [0.4, 0.5) is 0 Å². The highest BCUT2D eigenvalue weighted by atomic mass is 16.5. The zero-order chi connectivity index (χ0) is 21.3. The van der Waals surface area contributed by atoms with Crippen molar-refractivity contribution in [3.63, 3.8) is 0 Å². The number of ether oxygens (including phenoxy) is 2. The van der Waals surface area contributed by atoms with E-state index in [2.05, 4.69) is 20.8 Å². The van der Waals surface area contributed by atoms with Crippen LogP contribution in [0.15, 0.2) is 0 Å². The number of hydrogen-bond acceptors (Lipinski definition) is 4. The maximum Gasteiger partial charge on any atom is 0.309 e. The van der Waals surface area contributed by atoms with Gasteiger partial charge < -0.3 is 9.47 Å². The predicted molar refractivity (Wildman–Crippen MR) is 119 cm³/mol. The molecule has 2 atom stereocenters.